The molecule has 1 heterocycles. The number of aromatic amines is 1. The van der Waals surface area contributed by atoms with Crippen molar-refractivity contribution < 1.29 is 13.2 Å². The Bertz CT molecular complexity index is 727. The van der Waals surface area contributed by atoms with Gasteiger partial charge in [-0.2, -0.15) is 0 Å². The van der Waals surface area contributed by atoms with Crippen LogP contribution in [0.5, 0.6) is 0 Å². The lowest BCUT2D eigenvalue weighted by Gasteiger charge is -2.04. The van der Waals surface area contributed by atoms with E-state index in [1.54, 1.807) is 0 Å². The summed E-state index contributed by atoms with van der Waals surface area (Å²) in [5.74, 6) is -3.10. The van der Waals surface area contributed by atoms with Gasteiger partial charge in [-0.05, 0) is 29.8 Å². The Morgan fingerprint density at radius 1 is 1.00 bits per heavy atom. The first-order chi connectivity index (χ1) is 10.1. The maximum atomic E-state index is 13.1. The number of hydrogen-bond acceptors (Lipinski definition) is 2. The molecule has 0 fully saturated rings. The largest absolute Gasteiger partial charge is 0.341 e. The first-order valence-electron chi connectivity index (χ1n) is 6.41. The minimum atomic E-state index is -1.45. The van der Waals surface area contributed by atoms with Crippen molar-refractivity contribution in [3.05, 3.63) is 65.2 Å². The number of hydrogen-bond donors (Lipinski definition) is 2. The van der Waals surface area contributed by atoms with Gasteiger partial charge in [-0.1, -0.05) is 12.1 Å². The van der Waals surface area contributed by atoms with E-state index in [0.717, 1.165) is 29.0 Å². The molecule has 0 aliphatic heterocycles. The summed E-state index contributed by atoms with van der Waals surface area (Å²) in [7, 11) is 0. The highest BCUT2D eigenvalue weighted by molar-refractivity contribution is 5.74. The molecule has 0 atom stereocenters. The second-order valence-corrected chi connectivity index (χ2v) is 4.68. The smallest absolute Gasteiger partial charge is 0.194 e. The van der Waals surface area contributed by atoms with Gasteiger partial charge in [-0.15, -0.1) is 0 Å². The normalized spacial score (nSPS) is 11.2. The van der Waals surface area contributed by atoms with Gasteiger partial charge in [-0.3, -0.25) is 0 Å². The highest BCUT2D eigenvalue weighted by Crippen LogP contribution is 2.14. The van der Waals surface area contributed by atoms with Crippen molar-refractivity contribution in [2.45, 2.75) is 13.1 Å². The topological polar surface area (TPSA) is 40.7 Å². The third kappa shape index (κ3) is 2.90. The maximum Gasteiger partial charge on any atom is 0.194 e. The van der Waals surface area contributed by atoms with Crippen LogP contribution < -0.4 is 5.32 Å². The Labute approximate surface area is 118 Å². The van der Waals surface area contributed by atoms with Crippen molar-refractivity contribution in [1.29, 1.82) is 0 Å². The molecule has 108 valence electrons. The summed E-state index contributed by atoms with van der Waals surface area (Å²) >= 11 is 0. The highest BCUT2D eigenvalue weighted by atomic mass is 19.2. The van der Waals surface area contributed by atoms with Crippen LogP contribution in [0.1, 0.15) is 11.4 Å². The molecule has 3 aromatic rings. The summed E-state index contributed by atoms with van der Waals surface area (Å²) in [6.45, 7) is 0.625. The summed E-state index contributed by atoms with van der Waals surface area (Å²) in [5.41, 5.74) is 2.11. The molecule has 6 heteroatoms. The van der Waals surface area contributed by atoms with Crippen molar-refractivity contribution in [1.82, 2.24) is 15.3 Å². The Hall–Kier alpha value is -2.34. The number of halogens is 3. The number of nitrogens with zero attached hydrogens (tertiary/aromatic N) is 1. The van der Waals surface area contributed by atoms with Crippen molar-refractivity contribution >= 4 is 11.0 Å². The molecule has 0 bridgehead atoms. The van der Waals surface area contributed by atoms with Crippen molar-refractivity contribution in [3.63, 3.8) is 0 Å². The van der Waals surface area contributed by atoms with Gasteiger partial charge in [0.15, 0.2) is 17.5 Å². The van der Waals surface area contributed by atoms with Crippen molar-refractivity contribution in [3.8, 4) is 0 Å². The van der Waals surface area contributed by atoms with E-state index in [-0.39, 0.29) is 6.54 Å². The molecule has 0 amide bonds. The van der Waals surface area contributed by atoms with E-state index in [1.165, 1.54) is 0 Å². The molecule has 0 aliphatic carbocycles. The van der Waals surface area contributed by atoms with E-state index in [0.29, 0.717) is 12.1 Å². The Morgan fingerprint density at radius 3 is 2.43 bits per heavy atom. The van der Waals surface area contributed by atoms with E-state index in [9.17, 15) is 13.2 Å². The zero-order valence-corrected chi connectivity index (χ0v) is 11.0. The van der Waals surface area contributed by atoms with Crippen LogP contribution >= 0.6 is 0 Å². The van der Waals surface area contributed by atoms with E-state index < -0.39 is 17.5 Å². The average molecular weight is 291 g/mol. The van der Waals surface area contributed by atoms with E-state index in [2.05, 4.69) is 15.3 Å². The molecule has 2 aromatic carbocycles. The second-order valence-electron chi connectivity index (χ2n) is 4.68. The second kappa shape index (κ2) is 5.57. The Balaban J connectivity index is 1.66. The first kappa shape index (κ1) is 13.6. The minimum absolute atomic E-state index is 0.213. The summed E-state index contributed by atoms with van der Waals surface area (Å²) in [6, 6.07) is 9.55. The molecule has 1 aromatic heterocycles. The third-order valence-corrected chi connectivity index (χ3v) is 3.10. The van der Waals surface area contributed by atoms with Gasteiger partial charge in [0.2, 0.25) is 0 Å². The fourth-order valence-corrected chi connectivity index (χ4v) is 2.12. The van der Waals surface area contributed by atoms with Crippen LogP contribution in [0.2, 0.25) is 0 Å². The molecular formula is C15H12F3N3. The van der Waals surface area contributed by atoms with E-state index >= 15 is 0 Å². The monoisotopic (exact) mass is 291 g/mol. The lowest BCUT2D eigenvalue weighted by molar-refractivity contribution is 0.444. The molecule has 0 aliphatic rings. The zero-order chi connectivity index (χ0) is 14.8. The predicted molar refractivity (Wildman–Crippen MR) is 73.0 cm³/mol. The number of aromatic nitrogens is 2. The summed E-state index contributed by atoms with van der Waals surface area (Å²) in [5, 5.41) is 3.00. The molecule has 0 spiro atoms. The average Bonchev–Trinajstić information content (AvgIpc) is 2.87. The van der Waals surface area contributed by atoms with Crippen LogP contribution in [-0.2, 0) is 13.1 Å². The third-order valence-electron chi connectivity index (χ3n) is 3.10. The van der Waals surface area contributed by atoms with Crippen LogP contribution in [0.3, 0.4) is 0 Å². The number of imidazole rings is 1. The number of benzene rings is 2. The van der Waals surface area contributed by atoms with E-state index in [1.807, 2.05) is 24.3 Å². The molecule has 0 unspecified atom stereocenters. The predicted octanol–water partition coefficient (Wildman–Crippen LogP) is 3.27. The molecule has 0 radical (unpaired) electrons. The molecule has 21 heavy (non-hydrogen) atoms. The zero-order valence-electron chi connectivity index (χ0n) is 11.0. The molecule has 3 nitrogen and oxygen atoms in total. The molecule has 3 rings (SSSR count). The van der Waals surface area contributed by atoms with E-state index in [4.69, 9.17) is 0 Å². The first-order valence-corrected chi connectivity index (χ1v) is 6.41. The van der Waals surface area contributed by atoms with Gasteiger partial charge < -0.3 is 10.3 Å². The number of nitrogens with one attached hydrogen (secondary N) is 2. The van der Waals surface area contributed by atoms with Crippen molar-refractivity contribution in [2.24, 2.45) is 0 Å². The van der Waals surface area contributed by atoms with Gasteiger partial charge in [0, 0.05) is 6.54 Å². The fourth-order valence-electron chi connectivity index (χ4n) is 2.12. The maximum absolute atomic E-state index is 13.1. The number of para-hydroxylation sites is 2. The lowest BCUT2D eigenvalue weighted by Crippen LogP contribution is -2.14. The number of H-pyrrole nitrogens is 1. The molecule has 0 saturated carbocycles. The van der Waals surface area contributed by atoms with Crippen LogP contribution in [0.4, 0.5) is 13.2 Å². The summed E-state index contributed by atoms with van der Waals surface area (Å²) in [4.78, 5) is 7.50. The Morgan fingerprint density at radius 2 is 1.71 bits per heavy atom. The van der Waals surface area contributed by atoms with Crippen molar-refractivity contribution in [2.75, 3.05) is 0 Å². The standard InChI is InChI=1S/C15H12F3N3/c16-10-5-9(6-11(17)15(10)18)7-19-8-14-20-12-3-1-2-4-13(12)21-14/h1-6,19H,7-8H2,(H,20,21). The fraction of sp³-hybridized carbons (Fsp3) is 0.133. The number of fused-ring (bicyclic) bond motifs is 1. The molecule has 2 N–H and O–H groups in total. The molecule has 0 saturated heterocycles. The van der Waals surface area contributed by atoms with Gasteiger partial charge in [0.25, 0.3) is 0 Å². The Kier molecular flexibility index (Phi) is 3.62. The highest BCUT2D eigenvalue weighted by Gasteiger charge is 2.10. The quantitative estimate of drug-likeness (QED) is 0.724. The van der Waals surface area contributed by atoms with Crippen LogP contribution in [0.15, 0.2) is 36.4 Å². The SMILES string of the molecule is Fc1cc(CNCc2nc3ccccc3[nH]2)cc(F)c1F. The summed E-state index contributed by atoms with van der Waals surface area (Å²) in [6.07, 6.45) is 0. The minimum Gasteiger partial charge on any atom is -0.341 e. The number of rotatable bonds is 4. The van der Waals surface area contributed by atoms with Gasteiger partial charge in [-0.25, -0.2) is 18.2 Å². The van der Waals surface area contributed by atoms with Crippen LogP contribution in [-0.4, -0.2) is 9.97 Å². The lowest BCUT2D eigenvalue weighted by atomic mass is 10.2. The van der Waals surface area contributed by atoms with Gasteiger partial charge in [0.1, 0.15) is 5.82 Å². The summed E-state index contributed by atoms with van der Waals surface area (Å²) < 4.78 is 39.0. The van der Waals surface area contributed by atoms with Crippen LogP contribution in [0.25, 0.3) is 11.0 Å². The van der Waals surface area contributed by atoms with Crippen LogP contribution in [0, 0.1) is 17.5 Å². The van der Waals surface area contributed by atoms with Gasteiger partial charge in [0.05, 0.1) is 17.6 Å². The molecular weight excluding hydrogens is 279 g/mol. The van der Waals surface area contributed by atoms with Gasteiger partial charge >= 0.3 is 0 Å².